The Balaban J connectivity index is 3.17. The Kier molecular flexibility index (Phi) is 15.8. The number of hydrogen-bond donors (Lipinski definition) is 2. The van der Waals surface area contributed by atoms with Gasteiger partial charge < -0.3 is 15.4 Å². The van der Waals surface area contributed by atoms with Crippen LogP contribution in [0.25, 0.3) is 0 Å². The SMILES string of the molecule is CCC(C)C(NC(=O)C(CC=O)CCSC)C(=O)CC(Cc1ccccc1)C(=O)NC(CC(C)C)C(C)=O. The van der Waals surface area contributed by atoms with E-state index in [1.54, 1.807) is 11.8 Å². The molecular formula is C30H46N2O5S. The zero-order valence-electron chi connectivity index (χ0n) is 23.8. The number of Topliss-reactive ketones (excluding diaryl/α,β-unsaturated/α-hetero) is 2. The van der Waals surface area contributed by atoms with Crippen LogP contribution in [0.4, 0.5) is 0 Å². The molecule has 2 N–H and O–H groups in total. The molecule has 7 nitrogen and oxygen atoms in total. The summed E-state index contributed by atoms with van der Waals surface area (Å²) in [6.45, 7) is 9.30. The van der Waals surface area contributed by atoms with Gasteiger partial charge in [-0.2, -0.15) is 11.8 Å². The number of amides is 2. The summed E-state index contributed by atoms with van der Waals surface area (Å²) < 4.78 is 0. The van der Waals surface area contributed by atoms with Crippen molar-refractivity contribution in [3.63, 3.8) is 0 Å². The molecule has 8 heteroatoms. The lowest BCUT2D eigenvalue weighted by molar-refractivity contribution is -0.135. The van der Waals surface area contributed by atoms with Crippen LogP contribution in [0.15, 0.2) is 30.3 Å². The largest absolute Gasteiger partial charge is 0.346 e. The molecule has 1 aromatic rings. The number of carbonyl (C=O) groups excluding carboxylic acids is 5. The van der Waals surface area contributed by atoms with Crippen molar-refractivity contribution in [2.75, 3.05) is 12.0 Å². The van der Waals surface area contributed by atoms with Crippen molar-refractivity contribution >= 4 is 41.4 Å². The highest BCUT2D eigenvalue weighted by molar-refractivity contribution is 7.98. The van der Waals surface area contributed by atoms with Crippen molar-refractivity contribution in [3.05, 3.63) is 35.9 Å². The van der Waals surface area contributed by atoms with Gasteiger partial charge in [-0.15, -0.1) is 0 Å². The van der Waals surface area contributed by atoms with Crippen LogP contribution in [0.5, 0.6) is 0 Å². The third-order valence-electron chi connectivity index (χ3n) is 6.94. The van der Waals surface area contributed by atoms with E-state index in [0.717, 1.165) is 17.6 Å². The van der Waals surface area contributed by atoms with E-state index in [1.165, 1.54) is 6.92 Å². The highest BCUT2D eigenvalue weighted by atomic mass is 32.2. The molecule has 0 fully saturated rings. The minimum Gasteiger partial charge on any atom is -0.346 e. The monoisotopic (exact) mass is 546 g/mol. The van der Waals surface area contributed by atoms with Crippen LogP contribution in [0.1, 0.15) is 72.3 Å². The molecule has 0 spiro atoms. The summed E-state index contributed by atoms with van der Waals surface area (Å²) in [7, 11) is 0. The Labute approximate surface area is 232 Å². The molecule has 2 amide bonds. The molecule has 1 rings (SSSR count). The van der Waals surface area contributed by atoms with Crippen LogP contribution in [0, 0.1) is 23.7 Å². The highest BCUT2D eigenvalue weighted by Gasteiger charge is 2.33. The lowest BCUT2D eigenvalue weighted by atomic mass is 9.86. The van der Waals surface area contributed by atoms with Crippen LogP contribution in [-0.4, -0.2) is 53.8 Å². The first-order valence-corrected chi connectivity index (χ1v) is 15.0. The lowest BCUT2D eigenvalue weighted by Crippen LogP contribution is -2.49. The molecular weight excluding hydrogens is 500 g/mol. The molecule has 0 saturated heterocycles. The van der Waals surface area contributed by atoms with E-state index in [9.17, 15) is 24.0 Å². The van der Waals surface area contributed by atoms with E-state index in [4.69, 9.17) is 0 Å². The number of benzene rings is 1. The zero-order valence-corrected chi connectivity index (χ0v) is 24.6. The van der Waals surface area contributed by atoms with Crippen LogP contribution in [0.2, 0.25) is 0 Å². The summed E-state index contributed by atoms with van der Waals surface area (Å²) in [5.74, 6) is -1.35. The topological polar surface area (TPSA) is 109 Å². The minimum atomic E-state index is -0.763. The summed E-state index contributed by atoms with van der Waals surface area (Å²) in [4.78, 5) is 63.5. The molecule has 5 unspecified atom stereocenters. The third-order valence-corrected chi connectivity index (χ3v) is 7.58. The van der Waals surface area contributed by atoms with Gasteiger partial charge in [0.15, 0.2) is 11.6 Å². The highest BCUT2D eigenvalue weighted by Crippen LogP contribution is 2.20. The van der Waals surface area contributed by atoms with Gasteiger partial charge in [-0.1, -0.05) is 64.4 Å². The maximum Gasteiger partial charge on any atom is 0.224 e. The predicted molar refractivity (Wildman–Crippen MR) is 154 cm³/mol. The molecule has 0 radical (unpaired) electrons. The number of rotatable bonds is 19. The molecule has 212 valence electrons. The van der Waals surface area contributed by atoms with Gasteiger partial charge >= 0.3 is 0 Å². The Morgan fingerprint density at radius 2 is 1.61 bits per heavy atom. The Morgan fingerprint density at radius 3 is 2.13 bits per heavy atom. The van der Waals surface area contributed by atoms with Gasteiger partial charge in [0, 0.05) is 24.7 Å². The van der Waals surface area contributed by atoms with Crippen molar-refractivity contribution in [2.45, 2.75) is 85.2 Å². The summed E-state index contributed by atoms with van der Waals surface area (Å²) in [5.41, 5.74) is 0.913. The number of ketones is 2. The number of thioether (sulfide) groups is 1. The fourth-order valence-corrected chi connectivity index (χ4v) is 4.91. The second-order valence-corrected chi connectivity index (χ2v) is 11.6. The summed E-state index contributed by atoms with van der Waals surface area (Å²) in [6, 6.07) is 8.10. The van der Waals surface area contributed by atoms with Gasteiger partial charge in [-0.25, -0.2) is 0 Å². The van der Waals surface area contributed by atoms with Gasteiger partial charge in [0.2, 0.25) is 11.8 Å². The summed E-state index contributed by atoms with van der Waals surface area (Å²) >= 11 is 1.60. The maximum atomic E-state index is 13.6. The van der Waals surface area contributed by atoms with Gasteiger partial charge in [0.25, 0.3) is 0 Å². The van der Waals surface area contributed by atoms with Crippen LogP contribution in [-0.2, 0) is 30.4 Å². The number of aldehydes is 1. The standard InChI is InChI=1S/C30H46N2O5S/c1-7-21(4)28(32-29(36)24(13-15-33)14-16-38-6)27(35)19-25(18-23-11-9-8-10-12-23)30(37)31-26(22(5)34)17-20(2)3/h8-12,15,20-21,24-26,28H,7,13-14,16-19H2,1-6H3,(H,31,37)(H,32,36). The fraction of sp³-hybridized carbons (Fsp3) is 0.633. The van der Waals surface area contributed by atoms with E-state index in [2.05, 4.69) is 10.6 Å². The Bertz CT molecular complexity index is 905. The molecule has 0 aliphatic carbocycles. The number of nitrogens with one attached hydrogen (secondary N) is 2. The summed E-state index contributed by atoms with van der Waals surface area (Å²) in [6.07, 6.45) is 4.80. The lowest BCUT2D eigenvalue weighted by Gasteiger charge is -2.28. The fourth-order valence-electron chi connectivity index (χ4n) is 4.39. The first-order valence-electron chi connectivity index (χ1n) is 13.6. The molecule has 38 heavy (non-hydrogen) atoms. The average Bonchev–Trinajstić information content (AvgIpc) is 2.88. The van der Waals surface area contributed by atoms with Gasteiger partial charge in [-0.05, 0) is 55.6 Å². The van der Waals surface area contributed by atoms with Gasteiger partial charge in [-0.3, -0.25) is 19.2 Å². The van der Waals surface area contributed by atoms with Crippen molar-refractivity contribution in [1.29, 1.82) is 0 Å². The van der Waals surface area contributed by atoms with Crippen molar-refractivity contribution < 1.29 is 24.0 Å². The normalized spacial score (nSPS) is 15.1. The van der Waals surface area contributed by atoms with Crippen LogP contribution in [0.3, 0.4) is 0 Å². The predicted octanol–water partition coefficient (Wildman–Crippen LogP) is 4.41. The zero-order chi connectivity index (χ0) is 28.7. The second-order valence-electron chi connectivity index (χ2n) is 10.6. The van der Waals surface area contributed by atoms with E-state index in [-0.39, 0.29) is 48.1 Å². The van der Waals surface area contributed by atoms with E-state index >= 15 is 0 Å². The van der Waals surface area contributed by atoms with Crippen LogP contribution < -0.4 is 10.6 Å². The Morgan fingerprint density at radius 1 is 0.974 bits per heavy atom. The van der Waals surface area contributed by atoms with Crippen molar-refractivity contribution in [3.8, 4) is 0 Å². The van der Waals surface area contributed by atoms with Gasteiger partial charge in [0.1, 0.15) is 6.29 Å². The molecule has 0 aromatic heterocycles. The van der Waals surface area contributed by atoms with Gasteiger partial charge in [0.05, 0.1) is 12.1 Å². The van der Waals surface area contributed by atoms with Crippen molar-refractivity contribution in [2.24, 2.45) is 23.7 Å². The first kappa shape index (κ1) is 33.5. The van der Waals surface area contributed by atoms with Crippen molar-refractivity contribution in [1.82, 2.24) is 10.6 Å². The smallest absolute Gasteiger partial charge is 0.224 e. The third kappa shape index (κ3) is 11.9. The maximum absolute atomic E-state index is 13.6. The quantitative estimate of drug-likeness (QED) is 0.249. The summed E-state index contributed by atoms with van der Waals surface area (Å²) in [5, 5.41) is 5.80. The first-order chi connectivity index (χ1) is 18.0. The van der Waals surface area contributed by atoms with Crippen LogP contribution >= 0.6 is 11.8 Å². The molecule has 0 bridgehead atoms. The second kappa shape index (κ2) is 17.9. The molecule has 0 saturated carbocycles. The Hall–Kier alpha value is -2.48. The minimum absolute atomic E-state index is 0.0640. The van der Waals surface area contributed by atoms with E-state index < -0.39 is 23.9 Å². The molecule has 0 aliphatic heterocycles. The number of hydrogen-bond acceptors (Lipinski definition) is 6. The average molecular weight is 547 g/mol. The van der Waals surface area contributed by atoms with E-state index in [1.807, 2.05) is 64.3 Å². The molecule has 5 atom stereocenters. The molecule has 0 aliphatic rings. The number of carbonyl (C=O) groups is 5. The molecule has 0 heterocycles. The van der Waals surface area contributed by atoms with E-state index in [0.29, 0.717) is 25.7 Å². The molecule has 1 aromatic carbocycles.